The number of para-hydroxylation sites is 1. The monoisotopic (exact) mass is 1010 g/mol. The second-order valence-corrected chi connectivity index (χ2v) is 21.7. The second-order valence-electron chi connectivity index (χ2n) is 21.7. The third-order valence-electron chi connectivity index (χ3n) is 16.6. The molecule has 2 aromatic carbocycles. The number of piperidine rings is 2. The number of hydrogen-bond donors (Lipinski definition) is 6. The predicted molar refractivity (Wildman–Crippen MR) is 283 cm³/mol. The summed E-state index contributed by atoms with van der Waals surface area (Å²) in [5.74, 6) is 3.14. The van der Waals surface area contributed by atoms with E-state index in [0.717, 1.165) is 123 Å². The summed E-state index contributed by atoms with van der Waals surface area (Å²) in [7, 11) is 0. The van der Waals surface area contributed by atoms with E-state index in [0.29, 0.717) is 48.7 Å². The van der Waals surface area contributed by atoms with Gasteiger partial charge in [0, 0.05) is 118 Å². The van der Waals surface area contributed by atoms with Crippen LogP contribution in [0.5, 0.6) is 5.75 Å². The number of urea groups is 1. The number of β-amino-alcohol motifs (C(OH)–C–C–N with tert-alkyl or cyclic N) is 1. The number of carbonyl (C=O) groups is 3. The maximum atomic E-state index is 14.8. The minimum atomic E-state index is -0.916. The normalized spacial score (nSPS) is 21.8. The fourth-order valence-electron chi connectivity index (χ4n) is 12.0. The second kappa shape index (κ2) is 22.1. The number of phenols is 1. The summed E-state index contributed by atoms with van der Waals surface area (Å²) in [6.07, 6.45) is 13.9. The summed E-state index contributed by atoms with van der Waals surface area (Å²) < 4.78 is 0. The summed E-state index contributed by atoms with van der Waals surface area (Å²) in [6, 6.07) is 14.8. The predicted octanol–water partition coefficient (Wildman–Crippen LogP) is 4.55. The number of aliphatic hydroxyl groups excluding tert-OH is 1. The van der Waals surface area contributed by atoms with Crippen molar-refractivity contribution in [3.8, 4) is 29.4 Å². The number of fused-ring (bicyclic) bond motifs is 3. The number of rotatable bonds is 13. The number of hydrogen-bond acceptors (Lipinski definition) is 13. The first-order valence-electron chi connectivity index (χ1n) is 26.6. The number of aliphatic hydroxyl groups is 1. The van der Waals surface area contributed by atoms with Gasteiger partial charge in [0.25, 0.3) is 0 Å². The number of aromatic hydroxyl groups is 1. The summed E-state index contributed by atoms with van der Waals surface area (Å²) in [4.78, 5) is 66.7. The molecule has 0 radical (unpaired) electrons. The molecule has 4 atom stereocenters. The Labute approximate surface area is 433 Å². The zero-order valence-electron chi connectivity index (χ0n) is 43.0. The van der Waals surface area contributed by atoms with Crippen LogP contribution in [-0.2, 0) is 22.6 Å². The lowest BCUT2D eigenvalue weighted by atomic mass is 9.80. The molecular weight excluding hydrogens is 935 g/mol. The third kappa shape index (κ3) is 10.9. The van der Waals surface area contributed by atoms with Gasteiger partial charge in [0.15, 0.2) is 5.65 Å². The van der Waals surface area contributed by atoms with Crippen LogP contribution < -0.4 is 20.9 Å². The van der Waals surface area contributed by atoms with Crippen molar-refractivity contribution in [2.24, 2.45) is 5.41 Å². The number of aromatic amines is 1. The van der Waals surface area contributed by atoms with Gasteiger partial charge in [-0.25, -0.2) is 14.8 Å². The molecule has 390 valence electrons. The number of nitrogens with one attached hydrogen (secondary N) is 4. The van der Waals surface area contributed by atoms with Gasteiger partial charge in [0.05, 0.1) is 17.8 Å². The SMILES string of the molecule is C#Cc1ccc(CNC(=O)[C@@H]2C[C@@H](O)CN2C(=O)[C@H](NC(=O)N2CCC(N3CCC(c4cnc(N5CCc6[nH]c7nnc(-c8ccccc8O)cc7c6[C@H]5C)nc4)CC3)CC2)C(C)(C)CCN2CCNCC2)cc1. The van der Waals surface area contributed by atoms with E-state index < -0.39 is 23.6 Å². The standard InChI is InChI=1S/C56H71N13O5/c1-5-37-10-12-38(13-11-37)32-58-52(72)47-30-42(70)35-69(47)53(73)50(56(3,4)19-27-65-28-20-57-21-29-65)62-55(74)67-24-16-41(17-25-67)66-22-14-39(15-23-66)40-33-59-54(60-34-40)68-26-18-45-49(36(68)2)44-31-46(63-64-51(44)61-45)43-8-6-7-9-48(43)71/h1,6-13,31,33-34,36,39,41-42,47,50,57,70-71H,14-30,32,35H2,2-4H3,(H,58,72)(H,61,64)(H,62,74)/t36-,42-,47+,50+/m1/s1. The molecule has 5 aromatic rings. The fraction of sp³-hybridized carbons (Fsp3) is 0.518. The maximum Gasteiger partial charge on any atom is 0.318 e. The average molecular weight is 1010 g/mol. The molecule has 0 aliphatic carbocycles. The first kappa shape index (κ1) is 50.9. The molecule has 4 saturated heterocycles. The number of terminal acetylenes is 1. The molecule has 74 heavy (non-hydrogen) atoms. The van der Waals surface area contributed by atoms with Crippen molar-refractivity contribution < 1.29 is 24.6 Å². The van der Waals surface area contributed by atoms with Gasteiger partial charge in [-0.3, -0.25) is 9.59 Å². The summed E-state index contributed by atoms with van der Waals surface area (Å²) in [5.41, 5.74) is 6.40. The van der Waals surface area contributed by atoms with Crippen molar-refractivity contribution in [1.29, 1.82) is 0 Å². The Morgan fingerprint density at radius 2 is 1.66 bits per heavy atom. The number of likely N-dealkylation sites (tertiary alicyclic amines) is 3. The number of anilines is 1. The number of nitrogens with zero attached hydrogens (tertiary/aromatic N) is 9. The molecule has 8 heterocycles. The highest BCUT2D eigenvalue weighted by molar-refractivity contribution is 5.93. The van der Waals surface area contributed by atoms with E-state index in [9.17, 15) is 24.6 Å². The molecule has 0 unspecified atom stereocenters. The van der Waals surface area contributed by atoms with E-state index in [2.05, 4.69) is 58.7 Å². The number of benzene rings is 2. The molecule has 5 aliphatic rings. The van der Waals surface area contributed by atoms with Crippen molar-refractivity contribution in [2.75, 3.05) is 76.9 Å². The molecule has 5 aliphatic heterocycles. The van der Waals surface area contributed by atoms with Crippen LogP contribution in [0.15, 0.2) is 67.0 Å². The van der Waals surface area contributed by atoms with Gasteiger partial charge in [-0.05, 0) is 111 Å². The molecule has 0 spiro atoms. The third-order valence-corrected chi connectivity index (χ3v) is 16.6. The van der Waals surface area contributed by atoms with Crippen molar-refractivity contribution in [1.82, 2.24) is 60.7 Å². The summed E-state index contributed by atoms with van der Waals surface area (Å²) in [6.45, 7) is 14.7. The lowest BCUT2D eigenvalue weighted by Gasteiger charge is -2.43. The zero-order valence-corrected chi connectivity index (χ0v) is 43.0. The van der Waals surface area contributed by atoms with Crippen LogP contribution in [0, 0.1) is 17.8 Å². The molecule has 0 saturated carbocycles. The Kier molecular flexibility index (Phi) is 15.2. The van der Waals surface area contributed by atoms with Gasteiger partial charge in [-0.15, -0.1) is 16.6 Å². The van der Waals surface area contributed by atoms with Crippen LogP contribution in [0.1, 0.15) is 99.2 Å². The minimum Gasteiger partial charge on any atom is -0.507 e. The minimum absolute atomic E-state index is 0.00269. The fourth-order valence-corrected chi connectivity index (χ4v) is 12.0. The lowest BCUT2D eigenvalue weighted by molar-refractivity contribution is -0.142. The quantitative estimate of drug-likeness (QED) is 0.0896. The summed E-state index contributed by atoms with van der Waals surface area (Å²) in [5, 5.41) is 40.8. The summed E-state index contributed by atoms with van der Waals surface area (Å²) >= 11 is 0. The Morgan fingerprint density at radius 3 is 2.38 bits per heavy atom. The van der Waals surface area contributed by atoms with E-state index in [4.69, 9.17) is 16.4 Å². The maximum absolute atomic E-state index is 14.8. The van der Waals surface area contributed by atoms with Crippen LogP contribution in [0.2, 0.25) is 0 Å². The Morgan fingerprint density at radius 1 is 0.932 bits per heavy atom. The molecular formula is C56H71N13O5. The van der Waals surface area contributed by atoms with Crippen molar-refractivity contribution in [2.45, 2.75) is 108 Å². The molecule has 10 rings (SSSR count). The zero-order chi connectivity index (χ0) is 51.5. The Balaban J connectivity index is 0.737. The molecule has 18 nitrogen and oxygen atoms in total. The van der Waals surface area contributed by atoms with Gasteiger partial charge in [0.1, 0.15) is 17.8 Å². The number of carbonyl (C=O) groups excluding carboxylic acids is 3. The molecule has 6 N–H and O–H groups in total. The van der Waals surface area contributed by atoms with Crippen LogP contribution >= 0.6 is 0 Å². The van der Waals surface area contributed by atoms with E-state index in [1.807, 2.05) is 73.6 Å². The number of phenolic OH excluding ortho intramolecular Hbond substituents is 1. The van der Waals surface area contributed by atoms with Crippen LogP contribution in [0.4, 0.5) is 10.7 Å². The molecule has 4 amide bonds. The van der Waals surface area contributed by atoms with Gasteiger partial charge >= 0.3 is 6.03 Å². The van der Waals surface area contributed by atoms with Crippen LogP contribution in [0.25, 0.3) is 22.3 Å². The number of piperazine rings is 1. The van der Waals surface area contributed by atoms with E-state index in [-0.39, 0.29) is 49.1 Å². The average Bonchev–Trinajstić information content (AvgIpc) is 4.03. The molecule has 3 aromatic heterocycles. The largest absolute Gasteiger partial charge is 0.507 e. The number of amides is 4. The first-order valence-corrected chi connectivity index (χ1v) is 26.6. The smallest absolute Gasteiger partial charge is 0.318 e. The molecule has 18 heteroatoms. The van der Waals surface area contributed by atoms with Crippen LogP contribution in [-0.4, -0.2) is 169 Å². The van der Waals surface area contributed by atoms with Crippen molar-refractivity contribution in [3.63, 3.8) is 0 Å². The van der Waals surface area contributed by atoms with E-state index in [1.165, 1.54) is 4.90 Å². The van der Waals surface area contributed by atoms with Gasteiger partial charge in [-0.1, -0.05) is 44.0 Å². The number of H-pyrrole nitrogens is 1. The van der Waals surface area contributed by atoms with Crippen molar-refractivity contribution >= 4 is 34.8 Å². The highest BCUT2D eigenvalue weighted by atomic mass is 16.3. The lowest BCUT2D eigenvalue weighted by Crippen LogP contribution is -2.61. The number of aromatic nitrogens is 5. The van der Waals surface area contributed by atoms with E-state index in [1.54, 1.807) is 12.1 Å². The Hall–Kier alpha value is -6.65. The highest BCUT2D eigenvalue weighted by Gasteiger charge is 2.46. The highest BCUT2D eigenvalue weighted by Crippen LogP contribution is 2.39. The van der Waals surface area contributed by atoms with Crippen molar-refractivity contribution in [3.05, 3.63) is 94.9 Å². The molecule has 0 bridgehead atoms. The van der Waals surface area contributed by atoms with Gasteiger partial charge in [-0.2, -0.15) is 0 Å². The topological polar surface area (TPSA) is 211 Å². The van der Waals surface area contributed by atoms with Gasteiger partial charge in [0.2, 0.25) is 17.8 Å². The first-order chi connectivity index (χ1) is 35.8. The molecule has 4 fully saturated rings. The Bertz CT molecular complexity index is 2830. The van der Waals surface area contributed by atoms with Gasteiger partial charge < -0.3 is 55.6 Å². The van der Waals surface area contributed by atoms with Crippen LogP contribution in [0.3, 0.4) is 0 Å². The van der Waals surface area contributed by atoms with E-state index >= 15 is 0 Å².